The predicted molar refractivity (Wildman–Crippen MR) is 76.5 cm³/mol. The van der Waals surface area contributed by atoms with Crippen molar-refractivity contribution >= 4 is 5.91 Å². The second-order valence-electron chi connectivity index (χ2n) is 6.28. The standard InChI is InChI=1S/C16H23NO2/c1-9-8-10(2)13-14(11(9)3)19-16(7,15(13,5)6)17-12(4)18/h8H,1-7H3,(H,17,18). The van der Waals surface area contributed by atoms with E-state index < -0.39 is 5.72 Å². The van der Waals surface area contributed by atoms with E-state index in [-0.39, 0.29) is 11.3 Å². The molecule has 0 spiro atoms. The van der Waals surface area contributed by atoms with Gasteiger partial charge in [-0.3, -0.25) is 4.79 Å². The predicted octanol–water partition coefficient (Wildman–Crippen LogP) is 3.13. The molecule has 1 amide bonds. The van der Waals surface area contributed by atoms with E-state index in [4.69, 9.17) is 4.74 Å². The van der Waals surface area contributed by atoms with Gasteiger partial charge in [-0.2, -0.15) is 0 Å². The summed E-state index contributed by atoms with van der Waals surface area (Å²) in [6.07, 6.45) is 0. The number of hydrogen-bond acceptors (Lipinski definition) is 2. The molecule has 1 aliphatic rings. The molecule has 3 nitrogen and oxygen atoms in total. The summed E-state index contributed by atoms with van der Waals surface area (Å²) in [5, 5.41) is 2.97. The van der Waals surface area contributed by atoms with Crippen LogP contribution in [-0.2, 0) is 10.2 Å². The lowest BCUT2D eigenvalue weighted by molar-refractivity contribution is -0.126. The minimum Gasteiger partial charge on any atom is -0.467 e. The van der Waals surface area contributed by atoms with Gasteiger partial charge in [0.25, 0.3) is 0 Å². The van der Waals surface area contributed by atoms with Crippen LogP contribution in [-0.4, -0.2) is 11.6 Å². The van der Waals surface area contributed by atoms with Gasteiger partial charge in [0.15, 0.2) is 5.72 Å². The zero-order valence-electron chi connectivity index (χ0n) is 12.9. The first kappa shape index (κ1) is 13.9. The first-order valence-electron chi connectivity index (χ1n) is 6.69. The number of fused-ring (bicyclic) bond motifs is 1. The zero-order valence-corrected chi connectivity index (χ0v) is 12.9. The second kappa shape index (κ2) is 3.99. The van der Waals surface area contributed by atoms with E-state index in [0.29, 0.717) is 0 Å². The van der Waals surface area contributed by atoms with E-state index in [1.807, 2.05) is 6.92 Å². The lowest BCUT2D eigenvalue weighted by atomic mass is 9.75. The Bertz CT molecular complexity index is 560. The first-order chi connectivity index (χ1) is 8.60. The molecule has 19 heavy (non-hydrogen) atoms. The molecule has 0 saturated carbocycles. The fourth-order valence-corrected chi connectivity index (χ4v) is 3.04. The van der Waals surface area contributed by atoms with Crippen molar-refractivity contribution in [2.45, 2.75) is 59.6 Å². The van der Waals surface area contributed by atoms with E-state index in [0.717, 1.165) is 11.3 Å². The van der Waals surface area contributed by atoms with E-state index in [9.17, 15) is 4.79 Å². The highest BCUT2D eigenvalue weighted by atomic mass is 16.5. The van der Waals surface area contributed by atoms with Crippen molar-refractivity contribution in [1.82, 2.24) is 5.32 Å². The summed E-state index contributed by atoms with van der Waals surface area (Å²) in [5.41, 5.74) is 3.83. The molecule has 0 fully saturated rings. The fourth-order valence-electron chi connectivity index (χ4n) is 3.04. The van der Waals surface area contributed by atoms with Crippen LogP contribution in [0.1, 0.15) is 49.9 Å². The minimum atomic E-state index is -0.704. The van der Waals surface area contributed by atoms with E-state index >= 15 is 0 Å². The van der Waals surface area contributed by atoms with E-state index in [1.165, 1.54) is 23.6 Å². The molecule has 1 atom stereocenters. The highest BCUT2D eigenvalue weighted by Crippen LogP contribution is 2.51. The molecule has 0 aromatic heterocycles. The largest absolute Gasteiger partial charge is 0.467 e. The molecule has 0 radical (unpaired) electrons. The summed E-state index contributed by atoms with van der Waals surface area (Å²) in [4.78, 5) is 11.5. The number of nitrogens with one attached hydrogen (secondary N) is 1. The first-order valence-corrected chi connectivity index (χ1v) is 6.69. The maximum atomic E-state index is 11.5. The number of rotatable bonds is 1. The normalized spacial score (nSPS) is 23.7. The molecule has 2 rings (SSSR count). The van der Waals surface area contributed by atoms with Crippen LogP contribution in [0.3, 0.4) is 0 Å². The topological polar surface area (TPSA) is 38.3 Å². The summed E-state index contributed by atoms with van der Waals surface area (Å²) in [5.74, 6) is 0.856. The van der Waals surface area contributed by atoms with Gasteiger partial charge >= 0.3 is 0 Å². The molecule has 104 valence electrons. The van der Waals surface area contributed by atoms with Crippen LogP contribution in [0.5, 0.6) is 5.75 Å². The van der Waals surface area contributed by atoms with Gasteiger partial charge in [-0.1, -0.05) is 6.07 Å². The van der Waals surface area contributed by atoms with Crippen LogP contribution in [0.4, 0.5) is 0 Å². The van der Waals surface area contributed by atoms with E-state index in [2.05, 4.69) is 46.0 Å². The van der Waals surface area contributed by atoms with Gasteiger partial charge in [-0.25, -0.2) is 0 Å². The number of ether oxygens (including phenoxy) is 1. The molecule has 1 aromatic rings. The van der Waals surface area contributed by atoms with Crippen molar-refractivity contribution in [3.05, 3.63) is 28.3 Å². The van der Waals surface area contributed by atoms with Crippen LogP contribution in [0.25, 0.3) is 0 Å². The van der Waals surface area contributed by atoms with Crippen LogP contribution in [0.15, 0.2) is 6.07 Å². The van der Waals surface area contributed by atoms with Crippen molar-refractivity contribution < 1.29 is 9.53 Å². The Morgan fingerprint density at radius 1 is 1.16 bits per heavy atom. The molecular formula is C16H23NO2. The smallest absolute Gasteiger partial charge is 0.219 e. The highest BCUT2D eigenvalue weighted by Gasteiger charge is 2.53. The average Bonchev–Trinajstić information content (AvgIpc) is 2.43. The molecule has 3 heteroatoms. The van der Waals surface area contributed by atoms with Gasteiger partial charge in [0.05, 0.1) is 5.41 Å². The van der Waals surface area contributed by atoms with Gasteiger partial charge in [-0.05, 0) is 58.2 Å². The summed E-state index contributed by atoms with van der Waals surface area (Å²) < 4.78 is 6.18. The number of carbonyl (C=O) groups is 1. The fraction of sp³-hybridized carbons (Fsp3) is 0.562. The Hall–Kier alpha value is -1.51. The number of amides is 1. The lowest BCUT2D eigenvalue weighted by Gasteiger charge is -2.37. The van der Waals surface area contributed by atoms with Gasteiger partial charge < -0.3 is 10.1 Å². The highest BCUT2D eigenvalue weighted by molar-refractivity contribution is 5.74. The van der Waals surface area contributed by atoms with Crippen molar-refractivity contribution in [3.63, 3.8) is 0 Å². The third-order valence-corrected chi connectivity index (χ3v) is 4.52. The lowest BCUT2D eigenvalue weighted by Crippen LogP contribution is -2.58. The zero-order chi connectivity index (χ0) is 14.6. The number of hydrogen-bond donors (Lipinski definition) is 1. The Labute approximate surface area is 115 Å². The molecule has 0 aliphatic carbocycles. The number of carbonyl (C=O) groups excluding carboxylic acids is 1. The second-order valence-corrected chi connectivity index (χ2v) is 6.28. The maximum Gasteiger partial charge on any atom is 0.219 e. The van der Waals surface area contributed by atoms with Crippen molar-refractivity contribution in [2.75, 3.05) is 0 Å². The molecule has 1 heterocycles. The molecule has 0 saturated heterocycles. The van der Waals surface area contributed by atoms with Crippen molar-refractivity contribution in [2.24, 2.45) is 0 Å². The van der Waals surface area contributed by atoms with Crippen molar-refractivity contribution in [1.29, 1.82) is 0 Å². The molecule has 1 N–H and O–H groups in total. The van der Waals surface area contributed by atoms with Crippen LogP contribution < -0.4 is 10.1 Å². The van der Waals surface area contributed by atoms with E-state index in [1.54, 1.807) is 0 Å². The summed E-state index contributed by atoms with van der Waals surface area (Å²) in [6, 6.07) is 2.19. The third-order valence-electron chi connectivity index (χ3n) is 4.52. The molecule has 1 unspecified atom stereocenters. The van der Waals surface area contributed by atoms with Crippen molar-refractivity contribution in [3.8, 4) is 5.75 Å². The summed E-state index contributed by atoms with van der Waals surface area (Å²) in [7, 11) is 0. The minimum absolute atomic E-state index is 0.0737. The quantitative estimate of drug-likeness (QED) is 0.843. The molecular weight excluding hydrogens is 238 g/mol. The van der Waals surface area contributed by atoms with Gasteiger partial charge in [0.1, 0.15) is 5.75 Å². The SMILES string of the molecule is CC(=O)NC1(C)Oc2c(C)c(C)cc(C)c2C1(C)C. The van der Waals surface area contributed by atoms with Gasteiger partial charge in [0, 0.05) is 12.5 Å². The Morgan fingerprint density at radius 2 is 1.74 bits per heavy atom. The summed E-state index contributed by atoms with van der Waals surface area (Å²) in [6.45, 7) is 14.0. The average molecular weight is 261 g/mol. The van der Waals surface area contributed by atoms with Gasteiger partial charge in [-0.15, -0.1) is 0 Å². The van der Waals surface area contributed by atoms with Crippen LogP contribution >= 0.6 is 0 Å². The molecule has 1 aliphatic heterocycles. The Balaban J connectivity index is 2.66. The molecule has 1 aromatic carbocycles. The van der Waals surface area contributed by atoms with Crippen LogP contribution in [0.2, 0.25) is 0 Å². The molecule has 0 bridgehead atoms. The number of benzene rings is 1. The maximum absolute atomic E-state index is 11.5. The van der Waals surface area contributed by atoms with Crippen LogP contribution in [0, 0.1) is 20.8 Å². The van der Waals surface area contributed by atoms with Gasteiger partial charge in [0.2, 0.25) is 5.91 Å². The summed E-state index contributed by atoms with van der Waals surface area (Å²) >= 11 is 0. The Kier molecular flexibility index (Phi) is 2.92. The third kappa shape index (κ3) is 1.83. The Morgan fingerprint density at radius 3 is 2.26 bits per heavy atom. The monoisotopic (exact) mass is 261 g/mol. The number of aryl methyl sites for hydroxylation is 2.